The van der Waals surface area contributed by atoms with Crippen LogP contribution < -0.4 is 5.32 Å². The van der Waals surface area contributed by atoms with Crippen LogP contribution in [-0.4, -0.2) is 21.9 Å². The quantitative estimate of drug-likeness (QED) is 0.651. The van der Waals surface area contributed by atoms with Crippen LogP contribution in [-0.2, 0) is 17.6 Å². The number of rotatable bonds is 7. The Labute approximate surface area is 150 Å². The molecule has 0 aliphatic rings. The first-order valence-electron chi connectivity index (χ1n) is 8.11. The Balaban J connectivity index is 1.55. The lowest BCUT2D eigenvalue weighted by Gasteiger charge is -2.01. The Hall–Kier alpha value is -2.60. The third kappa shape index (κ3) is 5.19. The number of hydrogen-bond acceptors (Lipinski definition) is 5. The van der Waals surface area contributed by atoms with E-state index in [0.29, 0.717) is 12.3 Å². The summed E-state index contributed by atoms with van der Waals surface area (Å²) >= 11 is 1.80. The molecule has 0 fully saturated rings. The zero-order valence-electron chi connectivity index (χ0n) is 13.9. The maximum Gasteiger partial charge on any atom is 0.322 e. The van der Waals surface area contributed by atoms with Gasteiger partial charge in [0.05, 0.1) is 12.8 Å². The molecule has 0 aliphatic carbocycles. The van der Waals surface area contributed by atoms with Gasteiger partial charge in [-0.05, 0) is 29.0 Å². The average Bonchev–Trinajstić information content (AvgIpc) is 3.04. The standard InChI is InChI=1S/C19H19N3O2S/c1-2-25-16-10-8-15(9-11-16)13-18-21-22-19(24-18)20-17(23)12-14-6-4-3-5-7-14/h3-11H,2,12-13H2,1H3,(H,20,22,23). The Morgan fingerprint density at radius 2 is 1.80 bits per heavy atom. The van der Waals surface area contributed by atoms with Gasteiger partial charge in [-0.3, -0.25) is 10.1 Å². The maximum atomic E-state index is 12.0. The van der Waals surface area contributed by atoms with E-state index in [0.717, 1.165) is 16.9 Å². The lowest BCUT2D eigenvalue weighted by molar-refractivity contribution is -0.115. The predicted octanol–water partition coefficient (Wildman–Crippen LogP) is 3.95. The lowest BCUT2D eigenvalue weighted by Crippen LogP contribution is -2.14. The van der Waals surface area contributed by atoms with Crippen LogP contribution in [0.5, 0.6) is 0 Å². The van der Waals surface area contributed by atoms with E-state index >= 15 is 0 Å². The minimum Gasteiger partial charge on any atom is -0.407 e. The molecule has 5 nitrogen and oxygen atoms in total. The van der Waals surface area contributed by atoms with Gasteiger partial charge in [-0.25, -0.2) is 0 Å². The van der Waals surface area contributed by atoms with Crippen molar-refractivity contribution in [1.82, 2.24) is 10.2 Å². The van der Waals surface area contributed by atoms with Gasteiger partial charge in [-0.2, -0.15) is 0 Å². The third-order valence-corrected chi connectivity index (χ3v) is 4.40. The van der Waals surface area contributed by atoms with E-state index in [1.807, 2.05) is 30.3 Å². The normalized spacial score (nSPS) is 10.6. The van der Waals surface area contributed by atoms with Crippen molar-refractivity contribution in [3.05, 3.63) is 71.6 Å². The van der Waals surface area contributed by atoms with Crippen LogP contribution >= 0.6 is 11.8 Å². The molecule has 3 aromatic rings. The Morgan fingerprint density at radius 1 is 1.04 bits per heavy atom. The van der Waals surface area contributed by atoms with E-state index in [1.165, 1.54) is 4.90 Å². The van der Waals surface area contributed by atoms with Crippen molar-refractivity contribution < 1.29 is 9.21 Å². The number of aromatic nitrogens is 2. The van der Waals surface area contributed by atoms with Crippen molar-refractivity contribution in [2.75, 3.05) is 11.1 Å². The van der Waals surface area contributed by atoms with Crippen LogP contribution in [0.25, 0.3) is 0 Å². The summed E-state index contributed by atoms with van der Waals surface area (Å²) in [6.07, 6.45) is 0.813. The minimum absolute atomic E-state index is 0.133. The maximum absolute atomic E-state index is 12.0. The van der Waals surface area contributed by atoms with Gasteiger partial charge in [-0.1, -0.05) is 54.5 Å². The molecule has 3 rings (SSSR count). The number of carbonyl (C=O) groups is 1. The number of hydrogen-bond donors (Lipinski definition) is 1. The molecule has 0 bridgehead atoms. The molecule has 128 valence electrons. The zero-order chi connectivity index (χ0) is 17.5. The Kier molecular flexibility index (Phi) is 5.85. The van der Waals surface area contributed by atoms with E-state index in [1.54, 1.807) is 11.8 Å². The van der Waals surface area contributed by atoms with Gasteiger partial charge in [-0.15, -0.1) is 16.9 Å². The molecule has 0 spiro atoms. The third-order valence-electron chi connectivity index (χ3n) is 3.51. The number of nitrogens with one attached hydrogen (secondary N) is 1. The van der Waals surface area contributed by atoms with Crippen molar-refractivity contribution in [1.29, 1.82) is 0 Å². The largest absolute Gasteiger partial charge is 0.407 e. The van der Waals surface area contributed by atoms with Crippen LogP contribution in [0.1, 0.15) is 23.9 Å². The van der Waals surface area contributed by atoms with Crippen LogP contribution in [0.2, 0.25) is 0 Å². The Morgan fingerprint density at radius 3 is 2.52 bits per heavy atom. The van der Waals surface area contributed by atoms with Gasteiger partial charge in [0, 0.05) is 4.90 Å². The molecule has 25 heavy (non-hydrogen) atoms. The monoisotopic (exact) mass is 353 g/mol. The fraction of sp³-hybridized carbons (Fsp3) is 0.211. The highest BCUT2D eigenvalue weighted by atomic mass is 32.2. The fourth-order valence-corrected chi connectivity index (χ4v) is 3.03. The Bertz CT molecular complexity index is 816. The molecular formula is C19H19N3O2S. The smallest absolute Gasteiger partial charge is 0.322 e. The number of benzene rings is 2. The number of anilines is 1. The van der Waals surface area contributed by atoms with Gasteiger partial charge in [0.15, 0.2) is 0 Å². The van der Waals surface area contributed by atoms with E-state index in [-0.39, 0.29) is 18.3 Å². The summed E-state index contributed by atoms with van der Waals surface area (Å²) in [6.45, 7) is 2.13. The second kappa shape index (κ2) is 8.48. The van der Waals surface area contributed by atoms with Crippen molar-refractivity contribution >= 4 is 23.7 Å². The molecule has 2 aromatic carbocycles. The number of nitrogens with zero attached hydrogens (tertiary/aromatic N) is 2. The summed E-state index contributed by atoms with van der Waals surface area (Å²) in [4.78, 5) is 13.2. The van der Waals surface area contributed by atoms with Crippen LogP contribution in [0, 0.1) is 0 Å². The van der Waals surface area contributed by atoms with Crippen LogP contribution in [0.15, 0.2) is 63.9 Å². The summed E-state index contributed by atoms with van der Waals surface area (Å²) in [5.74, 6) is 1.35. The molecule has 0 radical (unpaired) electrons. The lowest BCUT2D eigenvalue weighted by atomic mass is 10.1. The van der Waals surface area contributed by atoms with Gasteiger partial charge >= 0.3 is 6.01 Å². The SMILES string of the molecule is CCSc1ccc(Cc2nnc(NC(=O)Cc3ccccc3)o2)cc1. The van der Waals surface area contributed by atoms with Crippen LogP contribution in [0.4, 0.5) is 6.01 Å². The first kappa shape index (κ1) is 17.2. The molecule has 0 saturated heterocycles. The molecule has 1 heterocycles. The van der Waals surface area contributed by atoms with Gasteiger partial charge < -0.3 is 4.42 Å². The topological polar surface area (TPSA) is 68.0 Å². The number of thioether (sulfide) groups is 1. The van der Waals surface area contributed by atoms with E-state index in [2.05, 4.69) is 46.7 Å². The molecule has 1 amide bonds. The molecule has 1 N–H and O–H groups in total. The van der Waals surface area contributed by atoms with Crippen molar-refractivity contribution in [3.63, 3.8) is 0 Å². The van der Waals surface area contributed by atoms with Gasteiger partial charge in [0.25, 0.3) is 0 Å². The molecular weight excluding hydrogens is 334 g/mol. The summed E-state index contributed by atoms with van der Waals surface area (Å²) in [5.41, 5.74) is 2.02. The van der Waals surface area contributed by atoms with Gasteiger partial charge in [0.2, 0.25) is 11.8 Å². The molecule has 0 unspecified atom stereocenters. The highest BCUT2D eigenvalue weighted by molar-refractivity contribution is 7.99. The second-order valence-electron chi connectivity index (χ2n) is 5.47. The molecule has 1 aromatic heterocycles. The van der Waals surface area contributed by atoms with Crippen molar-refractivity contribution in [2.45, 2.75) is 24.7 Å². The minimum atomic E-state index is -0.178. The number of amides is 1. The predicted molar refractivity (Wildman–Crippen MR) is 98.7 cm³/mol. The molecule has 0 saturated carbocycles. The number of carbonyl (C=O) groups excluding carboxylic acids is 1. The van der Waals surface area contributed by atoms with Crippen molar-refractivity contribution in [2.24, 2.45) is 0 Å². The van der Waals surface area contributed by atoms with Crippen molar-refractivity contribution in [3.8, 4) is 0 Å². The average molecular weight is 353 g/mol. The van der Waals surface area contributed by atoms with Crippen LogP contribution in [0.3, 0.4) is 0 Å². The summed E-state index contributed by atoms with van der Waals surface area (Å²) in [5, 5.41) is 10.5. The fourth-order valence-electron chi connectivity index (χ4n) is 2.37. The van der Waals surface area contributed by atoms with E-state index in [4.69, 9.17) is 4.42 Å². The van der Waals surface area contributed by atoms with Gasteiger partial charge in [0.1, 0.15) is 0 Å². The molecule has 0 aliphatic heterocycles. The first-order chi connectivity index (χ1) is 12.2. The second-order valence-corrected chi connectivity index (χ2v) is 6.80. The highest BCUT2D eigenvalue weighted by Gasteiger charge is 2.11. The summed E-state index contributed by atoms with van der Waals surface area (Å²) in [6, 6.07) is 17.9. The summed E-state index contributed by atoms with van der Waals surface area (Å²) in [7, 11) is 0. The zero-order valence-corrected chi connectivity index (χ0v) is 14.8. The highest BCUT2D eigenvalue weighted by Crippen LogP contribution is 2.19. The summed E-state index contributed by atoms with van der Waals surface area (Å²) < 4.78 is 5.51. The van der Waals surface area contributed by atoms with E-state index in [9.17, 15) is 4.79 Å². The molecule has 6 heteroatoms. The van der Waals surface area contributed by atoms with E-state index < -0.39 is 0 Å². The molecule has 0 atom stereocenters. The first-order valence-corrected chi connectivity index (χ1v) is 9.09.